The number of thiazole rings is 1. The Morgan fingerprint density at radius 1 is 1.39 bits per heavy atom. The molecule has 4 rings (SSSR count). The van der Waals surface area contributed by atoms with Gasteiger partial charge in [-0.25, -0.2) is 14.4 Å². The molecule has 3 aromatic heterocycles. The van der Waals surface area contributed by atoms with E-state index in [0.717, 1.165) is 17.6 Å². The molecule has 0 aliphatic carbocycles. The molecule has 1 amide bonds. The zero-order chi connectivity index (χ0) is 19.8. The van der Waals surface area contributed by atoms with Crippen LogP contribution >= 0.6 is 11.3 Å². The van der Waals surface area contributed by atoms with Crippen molar-refractivity contribution in [2.24, 2.45) is 5.73 Å². The van der Waals surface area contributed by atoms with Crippen molar-refractivity contribution in [3.05, 3.63) is 40.5 Å². The van der Waals surface area contributed by atoms with Crippen LogP contribution in [-0.4, -0.2) is 49.9 Å². The van der Waals surface area contributed by atoms with Gasteiger partial charge in [0.1, 0.15) is 10.5 Å². The van der Waals surface area contributed by atoms with E-state index in [9.17, 15) is 9.18 Å². The van der Waals surface area contributed by atoms with Crippen LogP contribution in [0.15, 0.2) is 18.5 Å². The number of aromatic nitrogens is 4. The van der Waals surface area contributed by atoms with Gasteiger partial charge in [0.2, 0.25) is 5.95 Å². The number of hydrogen-bond acceptors (Lipinski definition) is 8. The number of pyridine rings is 1. The van der Waals surface area contributed by atoms with E-state index in [1.54, 1.807) is 11.1 Å². The Balaban J connectivity index is 1.68. The highest BCUT2D eigenvalue weighted by molar-refractivity contribution is 7.18. The smallest absolute Gasteiger partial charge is 0.274 e. The Morgan fingerprint density at radius 2 is 2.21 bits per heavy atom. The zero-order valence-electron chi connectivity index (χ0n) is 15.5. The Labute approximate surface area is 165 Å². The SMILES string of the molecule is Cc1nc2nc(NC(C)c3cncc(F)c3)nc(C(=O)N3CC[C@@H](N)C3)c2s1. The van der Waals surface area contributed by atoms with E-state index in [1.807, 2.05) is 13.8 Å². The van der Waals surface area contributed by atoms with Gasteiger partial charge in [0.05, 0.1) is 17.2 Å². The molecule has 1 aliphatic heterocycles. The molecule has 8 nitrogen and oxygen atoms in total. The van der Waals surface area contributed by atoms with E-state index < -0.39 is 5.82 Å². The lowest BCUT2D eigenvalue weighted by Gasteiger charge is -2.17. The Kier molecular flexibility index (Phi) is 4.90. The van der Waals surface area contributed by atoms with Crippen molar-refractivity contribution in [1.82, 2.24) is 24.8 Å². The second-order valence-corrected chi connectivity index (χ2v) is 8.09. The summed E-state index contributed by atoms with van der Waals surface area (Å²) >= 11 is 1.39. The molecule has 28 heavy (non-hydrogen) atoms. The summed E-state index contributed by atoms with van der Waals surface area (Å²) in [4.78, 5) is 31.9. The van der Waals surface area contributed by atoms with Gasteiger partial charge in [-0.2, -0.15) is 4.98 Å². The first-order chi connectivity index (χ1) is 13.4. The van der Waals surface area contributed by atoms with Crippen LogP contribution < -0.4 is 11.1 Å². The molecule has 0 spiro atoms. The number of nitrogens with one attached hydrogen (secondary N) is 1. The molecule has 146 valence electrons. The number of carbonyl (C=O) groups is 1. The van der Waals surface area contributed by atoms with Gasteiger partial charge < -0.3 is 16.0 Å². The maximum Gasteiger partial charge on any atom is 0.274 e. The van der Waals surface area contributed by atoms with Gasteiger partial charge in [0, 0.05) is 25.3 Å². The molecule has 3 aromatic rings. The lowest BCUT2D eigenvalue weighted by molar-refractivity contribution is 0.0787. The minimum absolute atomic E-state index is 0.0115. The molecule has 4 heterocycles. The third-order valence-corrected chi connectivity index (χ3v) is 5.61. The normalized spacial score (nSPS) is 17.9. The number of nitrogens with zero attached hydrogens (tertiary/aromatic N) is 5. The number of halogens is 1. The molecule has 0 saturated carbocycles. The minimum atomic E-state index is -0.418. The number of aryl methyl sites for hydroxylation is 1. The molecule has 1 unspecified atom stereocenters. The molecule has 1 saturated heterocycles. The first-order valence-corrected chi connectivity index (χ1v) is 9.79. The predicted octanol–water partition coefficient (Wildman–Crippen LogP) is 2.28. The van der Waals surface area contributed by atoms with Crippen LogP contribution in [0.25, 0.3) is 10.3 Å². The van der Waals surface area contributed by atoms with Crippen LogP contribution in [-0.2, 0) is 0 Å². The molecular weight excluding hydrogens is 381 g/mol. The van der Waals surface area contributed by atoms with Crippen molar-refractivity contribution in [3.63, 3.8) is 0 Å². The number of anilines is 1. The average Bonchev–Trinajstić information content (AvgIpc) is 3.25. The summed E-state index contributed by atoms with van der Waals surface area (Å²) in [6, 6.07) is 1.08. The van der Waals surface area contributed by atoms with Crippen LogP contribution in [0.5, 0.6) is 0 Å². The number of carbonyl (C=O) groups excluding carboxylic acids is 1. The van der Waals surface area contributed by atoms with Gasteiger partial charge >= 0.3 is 0 Å². The van der Waals surface area contributed by atoms with Crippen LogP contribution in [0.4, 0.5) is 10.3 Å². The number of amides is 1. The number of fused-ring (bicyclic) bond motifs is 1. The van der Waals surface area contributed by atoms with Crippen LogP contribution in [0.2, 0.25) is 0 Å². The maximum atomic E-state index is 13.5. The van der Waals surface area contributed by atoms with E-state index in [4.69, 9.17) is 5.73 Å². The molecule has 1 fully saturated rings. The second-order valence-electron chi connectivity index (χ2n) is 6.88. The summed E-state index contributed by atoms with van der Waals surface area (Å²) in [7, 11) is 0. The van der Waals surface area contributed by atoms with E-state index in [1.165, 1.54) is 17.4 Å². The molecule has 0 aromatic carbocycles. The molecule has 0 radical (unpaired) electrons. The fourth-order valence-electron chi connectivity index (χ4n) is 3.20. The summed E-state index contributed by atoms with van der Waals surface area (Å²) in [6.45, 7) is 4.82. The first-order valence-electron chi connectivity index (χ1n) is 8.97. The van der Waals surface area contributed by atoms with Crippen LogP contribution in [0.3, 0.4) is 0 Å². The first kappa shape index (κ1) is 18.6. The zero-order valence-corrected chi connectivity index (χ0v) is 16.3. The van der Waals surface area contributed by atoms with E-state index in [0.29, 0.717) is 34.7 Å². The minimum Gasteiger partial charge on any atom is -0.348 e. The highest BCUT2D eigenvalue weighted by atomic mass is 32.1. The Morgan fingerprint density at radius 3 is 2.93 bits per heavy atom. The Bertz CT molecular complexity index is 1040. The quantitative estimate of drug-likeness (QED) is 0.690. The van der Waals surface area contributed by atoms with Crippen molar-refractivity contribution >= 4 is 33.5 Å². The lowest BCUT2D eigenvalue weighted by atomic mass is 10.1. The summed E-state index contributed by atoms with van der Waals surface area (Å²) in [5, 5.41) is 3.92. The van der Waals surface area contributed by atoms with Gasteiger partial charge in [-0.15, -0.1) is 11.3 Å². The monoisotopic (exact) mass is 401 g/mol. The van der Waals surface area contributed by atoms with Gasteiger partial charge in [-0.3, -0.25) is 9.78 Å². The predicted molar refractivity (Wildman–Crippen MR) is 105 cm³/mol. The fraction of sp³-hybridized carbons (Fsp3) is 0.389. The molecule has 0 bridgehead atoms. The largest absolute Gasteiger partial charge is 0.348 e. The van der Waals surface area contributed by atoms with Crippen molar-refractivity contribution in [2.45, 2.75) is 32.4 Å². The standard InChI is InChI=1S/C18H20FN7OS/c1-9(11-5-12(19)7-21-6-11)22-18-24-14(15-16(25-18)23-10(2)28-15)17(27)26-4-3-13(20)8-26/h5-7,9,13H,3-4,8,20H2,1-2H3,(H,22,24,25)/t9?,13-/m1/s1. The average molecular weight is 401 g/mol. The summed E-state index contributed by atoms with van der Waals surface area (Å²) in [5.74, 6) is -0.326. The van der Waals surface area contributed by atoms with Gasteiger partial charge in [0.25, 0.3) is 5.91 Å². The molecule has 2 atom stereocenters. The molecule has 10 heteroatoms. The highest BCUT2D eigenvalue weighted by Gasteiger charge is 2.28. The van der Waals surface area contributed by atoms with Crippen molar-refractivity contribution < 1.29 is 9.18 Å². The summed E-state index contributed by atoms with van der Waals surface area (Å²) in [6.07, 6.45) is 3.49. The second kappa shape index (κ2) is 7.36. The number of rotatable bonds is 4. The highest BCUT2D eigenvalue weighted by Crippen LogP contribution is 2.27. The van der Waals surface area contributed by atoms with Crippen LogP contribution in [0, 0.1) is 12.7 Å². The molecular formula is C18H20FN7OS. The lowest BCUT2D eigenvalue weighted by Crippen LogP contribution is -2.32. The van der Waals surface area contributed by atoms with Gasteiger partial charge in [-0.05, 0) is 31.9 Å². The maximum absolute atomic E-state index is 13.5. The third-order valence-electron chi connectivity index (χ3n) is 4.65. The van der Waals surface area contributed by atoms with Gasteiger partial charge in [-0.1, -0.05) is 0 Å². The number of likely N-dealkylation sites (tertiary alicyclic amines) is 1. The Hall–Kier alpha value is -2.72. The number of nitrogens with two attached hydrogens (primary N) is 1. The van der Waals surface area contributed by atoms with Crippen molar-refractivity contribution in [1.29, 1.82) is 0 Å². The van der Waals surface area contributed by atoms with E-state index in [2.05, 4.69) is 25.3 Å². The topological polar surface area (TPSA) is 110 Å². The summed E-state index contributed by atoms with van der Waals surface area (Å²) < 4.78 is 14.1. The molecule has 1 aliphatic rings. The van der Waals surface area contributed by atoms with E-state index in [-0.39, 0.29) is 23.9 Å². The van der Waals surface area contributed by atoms with E-state index >= 15 is 0 Å². The van der Waals surface area contributed by atoms with Crippen molar-refractivity contribution in [2.75, 3.05) is 18.4 Å². The number of hydrogen-bond donors (Lipinski definition) is 2. The van der Waals surface area contributed by atoms with Crippen LogP contribution in [0.1, 0.15) is 40.4 Å². The molecule has 3 N–H and O–H groups in total. The summed E-state index contributed by atoms with van der Waals surface area (Å²) in [5.41, 5.74) is 7.38. The van der Waals surface area contributed by atoms with Crippen molar-refractivity contribution in [3.8, 4) is 0 Å². The fourth-order valence-corrected chi connectivity index (χ4v) is 4.04. The van der Waals surface area contributed by atoms with Gasteiger partial charge in [0.15, 0.2) is 11.3 Å². The third kappa shape index (κ3) is 3.65.